The van der Waals surface area contributed by atoms with Crippen molar-refractivity contribution in [1.29, 1.82) is 0 Å². The first-order valence-corrected chi connectivity index (χ1v) is 7.27. The number of hydrogen-bond acceptors (Lipinski definition) is 3. The van der Waals surface area contributed by atoms with Crippen molar-refractivity contribution in [2.45, 2.75) is 31.2 Å². The Morgan fingerprint density at radius 1 is 1.26 bits per heavy atom. The van der Waals surface area contributed by atoms with Crippen LogP contribution in [0.5, 0.6) is 0 Å². The van der Waals surface area contributed by atoms with Gasteiger partial charge in [-0.1, -0.05) is 18.2 Å². The van der Waals surface area contributed by atoms with Crippen molar-refractivity contribution in [2.75, 3.05) is 13.1 Å². The van der Waals surface area contributed by atoms with Gasteiger partial charge in [-0.15, -0.1) is 0 Å². The first-order chi connectivity index (χ1) is 10.8. The van der Waals surface area contributed by atoms with Gasteiger partial charge >= 0.3 is 12.2 Å². The molecule has 0 aromatic heterocycles. The first kappa shape index (κ1) is 15.8. The van der Waals surface area contributed by atoms with E-state index in [9.17, 15) is 27.9 Å². The van der Waals surface area contributed by atoms with Crippen LogP contribution in [-0.4, -0.2) is 46.0 Å². The number of fused-ring (bicyclic) bond motifs is 1. The van der Waals surface area contributed by atoms with Gasteiger partial charge in [0.15, 0.2) is 0 Å². The van der Waals surface area contributed by atoms with E-state index in [1.165, 1.54) is 17.0 Å². The number of alkyl halides is 3. The van der Waals surface area contributed by atoms with Crippen molar-refractivity contribution < 1.29 is 27.9 Å². The second kappa shape index (κ2) is 5.52. The Morgan fingerprint density at radius 2 is 1.96 bits per heavy atom. The number of nitrogens with zero attached hydrogens (tertiary/aromatic N) is 2. The number of aliphatic hydroxyl groups is 1. The van der Waals surface area contributed by atoms with Gasteiger partial charge in [-0.05, 0) is 24.5 Å². The molecule has 2 aliphatic rings. The highest BCUT2D eigenvalue weighted by Crippen LogP contribution is 2.35. The van der Waals surface area contributed by atoms with Gasteiger partial charge in [0.2, 0.25) is 0 Å². The van der Waals surface area contributed by atoms with Gasteiger partial charge < -0.3 is 10.0 Å². The quantitative estimate of drug-likeness (QED) is 0.865. The molecule has 2 fully saturated rings. The van der Waals surface area contributed by atoms with Gasteiger partial charge in [0.05, 0.1) is 18.2 Å². The molecule has 5 nitrogen and oxygen atoms in total. The van der Waals surface area contributed by atoms with Gasteiger partial charge in [-0.2, -0.15) is 13.2 Å². The van der Waals surface area contributed by atoms with Crippen molar-refractivity contribution in [3.05, 3.63) is 35.4 Å². The Hall–Kier alpha value is -2.09. The molecule has 2 aliphatic heterocycles. The van der Waals surface area contributed by atoms with Crippen LogP contribution in [0.25, 0.3) is 0 Å². The molecule has 0 saturated carbocycles. The van der Waals surface area contributed by atoms with E-state index in [2.05, 4.69) is 0 Å². The summed E-state index contributed by atoms with van der Waals surface area (Å²) < 4.78 is 39.0. The van der Waals surface area contributed by atoms with Crippen LogP contribution in [0.1, 0.15) is 30.1 Å². The number of imide groups is 1. The summed E-state index contributed by atoms with van der Waals surface area (Å²) in [5, 5.41) is 10.2. The van der Waals surface area contributed by atoms with Crippen molar-refractivity contribution >= 4 is 11.9 Å². The van der Waals surface area contributed by atoms with Crippen molar-refractivity contribution in [2.24, 2.45) is 0 Å². The van der Waals surface area contributed by atoms with E-state index in [4.69, 9.17) is 0 Å². The average Bonchev–Trinajstić information content (AvgIpc) is 3.06. The Kier molecular flexibility index (Phi) is 3.79. The molecule has 0 bridgehead atoms. The lowest BCUT2D eigenvalue weighted by molar-refractivity contribution is -0.139. The average molecular weight is 328 g/mol. The fourth-order valence-electron chi connectivity index (χ4n) is 3.17. The number of carbonyl (C=O) groups is 2. The Bertz CT molecular complexity index is 625. The summed E-state index contributed by atoms with van der Waals surface area (Å²) in [5.74, 6) is -0.448. The van der Waals surface area contributed by atoms with E-state index >= 15 is 0 Å². The van der Waals surface area contributed by atoms with Gasteiger partial charge in [-0.25, -0.2) is 4.79 Å². The van der Waals surface area contributed by atoms with E-state index in [1.807, 2.05) is 0 Å². The van der Waals surface area contributed by atoms with Gasteiger partial charge in [0, 0.05) is 6.54 Å². The highest BCUT2D eigenvalue weighted by atomic mass is 19.4. The maximum atomic E-state index is 13.0. The maximum Gasteiger partial charge on any atom is 0.416 e. The lowest BCUT2D eigenvalue weighted by Gasteiger charge is -2.22. The van der Waals surface area contributed by atoms with Gasteiger partial charge in [-0.3, -0.25) is 9.69 Å². The van der Waals surface area contributed by atoms with E-state index < -0.39 is 42.4 Å². The number of amides is 3. The van der Waals surface area contributed by atoms with Crippen LogP contribution in [0.4, 0.5) is 18.0 Å². The third-order valence-electron chi connectivity index (χ3n) is 4.26. The Labute approximate surface area is 130 Å². The minimum Gasteiger partial charge on any atom is -0.387 e. The third-order valence-corrected chi connectivity index (χ3v) is 4.26. The molecule has 23 heavy (non-hydrogen) atoms. The second-order valence-electron chi connectivity index (χ2n) is 5.68. The summed E-state index contributed by atoms with van der Waals surface area (Å²) >= 11 is 0. The lowest BCUT2D eigenvalue weighted by Crippen LogP contribution is -2.36. The number of β-amino-alcohol motifs (C(OH)–C–C–N with tert-alkyl or cyclic N) is 1. The van der Waals surface area contributed by atoms with Crippen LogP contribution in [0, 0.1) is 0 Å². The molecular weight excluding hydrogens is 313 g/mol. The molecule has 124 valence electrons. The Balaban J connectivity index is 1.82. The number of urea groups is 1. The van der Waals surface area contributed by atoms with Crippen LogP contribution in [0.3, 0.4) is 0 Å². The van der Waals surface area contributed by atoms with E-state index in [0.29, 0.717) is 13.0 Å². The standard InChI is InChI=1S/C15H15F3N2O3/c16-15(17,18)10-5-2-1-4-9(10)12(21)8-20-13(22)11-6-3-7-19(11)14(20)23/h1-2,4-5,11-12,21H,3,6-8H2/t11-,12+/m0/s1. The van der Waals surface area contributed by atoms with Crippen LogP contribution < -0.4 is 0 Å². The highest BCUT2D eigenvalue weighted by molar-refractivity contribution is 6.04. The minimum absolute atomic E-state index is 0.340. The second-order valence-corrected chi connectivity index (χ2v) is 5.68. The molecule has 2 saturated heterocycles. The number of halogens is 3. The summed E-state index contributed by atoms with van der Waals surface area (Å²) in [6.07, 6.45) is -4.91. The number of carbonyl (C=O) groups excluding carboxylic acids is 2. The Morgan fingerprint density at radius 3 is 2.61 bits per heavy atom. The summed E-state index contributed by atoms with van der Waals surface area (Å²) in [6, 6.07) is 3.54. The molecule has 1 aromatic carbocycles. The highest BCUT2D eigenvalue weighted by Gasteiger charge is 2.48. The SMILES string of the molecule is O=C1[C@@H]2CCCN2C(=O)N1C[C@@H](O)c1ccccc1C(F)(F)F. The summed E-state index contributed by atoms with van der Waals surface area (Å²) in [7, 11) is 0. The maximum absolute atomic E-state index is 13.0. The predicted octanol–water partition coefficient (Wildman–Crippen LogP) is 2.17. The topological polar surface area (TPSA) is 60.9 Å². The predicted molar refractivity (Wildman–Crippen MR) is 73.2 cm³/mol. The van der Waals surface area contributed by atoms with Crippen molar-refractivity contribution in [1.82, 2.24) is 9.80 Å². The van der Waals surface area contributed by atoms with E-state index in [1.54, 1.807) is 0 Å². The van der Waals surface area contributed by atoms with Crippen LogP contribution in [-0.2, 0) is 11.0 Å². The first-order valence-electron chi connectivity index (χ1n) is 7.27. The molecule has 3 rings (SSSR count). The molecular formula is C15H15F3N2O3. The summed E-state index contributed by atoms with van der Waals surface area (Å²) in [5.41, 5.74) is -1.31. The molecule has 0 radical (unpaired) electrons. The van der Waals surface area contributed by atoms with E-state index in [0.717, 1.165) is 23.5 Å². The zero-order valence-electron chi connectivity index (χ0n) is 12.1. The number of benzene rings is 1. The molecule has 2 atom stereocenters. The zero-order chi connectivity index (χ0) is 16.8. The van der Waals surface area contributed by atoms with Crippen LogP contribution in [0.15, 0.2) is 24.3 Å². The fraction of sp³-hybridized carbons (Fsp3) is 0.467. The summed E-state index contributed by atoms with van der Waals surface area (Å²) in [6.45, 7) is -0.0151. The molecule has 1 aromatic rings. The van der Waals surface area contributed by atoms with Gasteiger partial charge in [0.1, 0.15) is 6.04 Å². The number of rotatable bonds is 3. The van der Waals surface area contributed by atoms with Crippen LogP contribution in [0.2, 0.25) is 0 Å². The molecule has 0 spiro atoms. The van der Waals surface area contributed by atoms with Crippen LogP contribution >= 0.6 is 0 Å². The lowest BCUT2D eigenvalue weighted by atomic mass is 10.0. The monoisotopic (exact) mass is 328 g/mol. The number of aliphatic hydroxyl groups excluding tert-OH is 1. The third kappa shape index (κ3) is 2.67. The van der Waals surface area contributed by atoms with Crippen molar-refractivity contribution in [3.63, 3.8) is 0 Å². The molecule has 2 heterocycles. The zero-order valence-corrected chi connectivity index (χ0v) is 12.1. The van der Waals surface area contributed by atoms with E-state index in [-0.39, 0.29) is 5.56 Å². The smallest absolute Gasteiger partial charge is 0.387 e. The largest absolute Gasteiger partial charge is 0.416 e. The fourth-order valence-corrected chi connectivity index (χ4v) is 3.17. The normalized spacial score (nSPS) is 22.7. The summed E-state index contributed by atoms with van der Waals surface area (Å²) in [4.78, 5) is 26.6. The van der Waals surface area contributed by atoms with Gasteiger partial charge in [0.25, 0.3) is 5.91 Å². The molecule has 1 N–H and O–H groups in total. The number of hydrogen-bond donors (Lipinski definition) is 1. The molecule has 0 aliphatic carbocycles. The molecule has 0 unspecified atom stereocenters. The minimum atomic E-state index is -4.61. The molecule has 8 heteroatoms. The van der Waals surface area contributed by atoms with Crippen molar-refractivity contribution in [3.8, 4) is 0 Å². The molecule has 3 amide bonds.